The lowest BCUT2D eigenvalue weighted by atomic mass is 9.84. The van der Waals surface area contributed by atoms with Crippen molar-refractivity contribution in [3.05, 3.63) is 133 Å². The number of benzene rings is 6. The Morgan fingerprint density at radius 2 is 0.914 bits per heavy atom. The molecule has 1 heteroatoms. The fourth-order valence-electron chi connectivity index (χ4n) is 4.33. The molecule has 1 heterocycles. The van der Waals surface area contributed by atoms with Gasteiger partial charge >= 0.3 is 0 Å². The molecule has 0 atom stereocenters. The smallest absolute Gasteiger partial charge is 0.143 e. The topological polar surface area (TPSA) is 13.1 Å². The monoisotopic (exact) mass is 464 g/mol. The SMILES string of the molecule is [2H]c1c([2H])c([2H])c(-c2oc3ccccc3c2-c2c3c([2H])c([2H])c([2H])c([2H])c3c(-c3c([2H])c([2H])c([2H])c([2H])c3[2H])c3c([2H])c([2H])c([2H])c([2H])c23)c([2H])c1[2H]. The number of furan rings is 1. The summed E-state index contributed by atoms with van der Waals surface area (Å²) < 4.78 is 163. The summed E-state index contributed by atoms with van der Waals surface area (Å²) in [5.41, 5.74) is -1.86. The van der Waals surface area contributed by atoms with Crippen LogP contribution in [0.15, 0.2) is 137 Å². The average molecular weight is 465 g/mol. The van der Waals surface area contributed by atoms with Crippen LogP contribution in [0.5, 0.6) is 0 Å². The summed E-state index contributed by atoms with van der Waals surface area (Å²) in [6.07, 6.45) is 0. The molecule has 6 aromatic carbocycles. The molecular formula is C34H22O. The number of hydrogen-bond acceptors (Lipinski definition) is 1. The zero-order chi connectivity index (χ0) is 38.9. The van der Waals surface area contributed by atoms with E-state index in [0.717, 1.165) is 0 Å². The van der Waals surface area contributed by atoms with Gasteiger partial charge < -0.3 is 4.42 Å². The molecule has 1 nitrogen and oxygen atoms in total. The van der Waals surface area contributed by atoms with Crippen LogP contribution in [-0.4, -0.2) is 0 Å². The maximum Gasteiger partial charge on any atom is 0.143 e. The fourth-order valence-corrected chi connectivity index (χ4v) is 4.33. The second-order valence-corrected chi connectivity index (χ2v) is 7.55. The molecule has 0 aliphatic carbocycles. The molecule has 0 amide bonds. The van der Waals surface area contributed by atoms with Gasteiger partial charge in [-0.05, 0) is 38.7 Å². The van der Waals surface area contributed by atoms with Crippen molar-refractivity contribution in [2.24, 2.45) is 0 Å². The van der Waals surface area contributed by atoms with Gasteiger partial charge in [0, 0.05) is 22.1 Å². The van der Waals surface area contributed by atoms with Crippen LogP contribution in [0.3, 0.4) is 0 Å². The van der Waals surface area contributed by atoms with Crippen molar-refractivity contribution < 1.29 is 29.1 Å². The minimum atomic E-state index is -0.808. The lowest BCUT2D eigenvalue weighted by molar-refractivity contribution is 0.632. The van der Waals surface area contributed by atoms with Gasteiger partial charge in [-0.1, -0.05) is 127 Å². The Morgan fingerprint density at radius 1 is 0.429 bits per heavy atom. The molecule has 0 saturated carbocycles. The van der Waals surface area contributed by atoms with Gasteiger partial charge in [-0.15, -0.1) is 0 Å². The van der Waals surface area contributed by atoms with E-state index in [9.17, 15) is 2.74 Å². The van der Waals surface area contributed by atoms with Crippen molar-refractivity contribution in [3.63, 3.8) is 0 Å². The fraction of sp³-hybridized carbons (Fsp3) is 0. The maximum absolute atomic E-state index is 9.24. The van der Waals surface area contributed by atoms with Crippen LogP contribution in [0.4, 0.5) is 0 Å². The molecule has 0 saturated heterocycles. The van der Waals surface area contributed by atoms with E-state index in [2.05, 4.69) is 0 Å². The Kier molecular flexibility index (Phi) is 2.03. The molecule has 0 bridgehead atoms. The van der Waals surface area contributed by atoms with Crippen molar-refractivity contribution >= 4 is 32.5 Å². The molecule has 0 aliphatic heterocycles. The van der Waals surface area contributed by atoms with Gasteiger partial charge in [-0.3, -0.25) is 0 Å². The normalized spacial score (nSPS) is 18.6. The Balaban J connectivity index is 1.92. The Hall–Kier alpha value is -4.62. The summed E-state index contributed by atoms with van der Waals surface area (Å²) in [7, 11) is 0. The van der Waals surface area contributed by atoms with Crippen LogP contribution < -0.4 is 0 Å². The number of fused-ring (bicyclic) bond motifs is 3. The zero-order valence-electron chi connectivity index (χ0n) is 35.7. The Labute approximate surface area is 229 Å². The van der Waals surface area contributed by atoms with Crippen molar-refractivity contribution in [2.75, 3.05) is 0 Å². The molecule has 0 fully saturated rings. The summed E-state index contributed by atoms with van der Waals surface area (Å²) in [6.45, 7) is 0. The van der Waals surface area contributed by atoms with Gasteiger partial charge in [0.25, 0.3) is 0 Å². The highest BCUT2D eigenvalue weighted by atomic mass is 16.3. The van der Waals surface area contributed by atoms with E-state index in [0.29, 0.717) is 0 Å². The average Bonchev–Trinajstić information content (AvgIpc) is 3.52. The van der Waals surface area contributed by atoms with Crippen molar-refractivity contribution in [1.82, 2.24) is 0 Å². The predicted octanol–water partition coefficient (Wildman–Crippen LogP) is 9.74. The summed E-state index contributed by atoms with van der Waals surface area (Å²) in [6, 6.07) is -7.54. The van der Waals surface area contributed by atoms with E-state index in [-0.39, 0.29) is 27.9 Å². The van der Waals surface area contributed by atoms with Crippen molar-refractivity contribution in [1.29, 1.82) is 0 Å². The lowest BCUT2D eigenvalue weighted by Crippen LogP contribution is -1.91. The minimum absolute atomic E-state index is 0.0852. The third-order valence-corrected chi connectivity index (χ3v) is 5.70. The molecule has 164 valence electrons. The summed E-state index contributed by atoms with van der Waals surface area (Å²) in [5.74, 6) is -0.374. The van der Waals surface area contributed by atoms with E-state index < -0.39 is 147 Å². The van der Waals surface area contributed by atoms with E-state index >= 15 is 0 Å². The summed E-state index contributed by atoms with van der Waals surface area (Å²) >= 11 is 0. The van der Waals surface area contributed by atoms with Gasteiger partial charge in [0.1, 0.15) is 11.3 Å². The summed E-state index contributed by atoms with van der Waals surface area (Å²) in [5, 5.41) is -1.56. The molecule has 0 spiro atoms. The standard InChI is InChI=1S/C34H22O/c1-3-13-23(14-4-1)31-25-17-7-9-19-27(25)32(28-20-10-8-18-26(28)31)33-29-21-11-12-22-30(29)35-34(33)24-15-5-2-6-16-24/h1-22H/i1D,2D,3D,4D,5D,6D,7D,8D,9D,10D,13D,14D,15D,16D,17D,18D,19D,20D. The summed E-state index contributed by atoms with van der Waals surface area (Å²) in [4.78, 5) is 0. The van der Waals surface area contributed by atoms with Crippen LogP contribution in [0.1, 0.15) is 24.7 Å². The molecule has 7 aromatic rings. The van der Waals surface area contributed by atoms with Crippen LogP contribution in [0, 0.1) is 0 Å². The van der Waals surface area contributed by atoms with Crippen molar-refractivity contribution in [3.8, 4) is 33.6 Å². The molecule has 0 unspecified atom stereocenters. The Bertz CT molecular complexity index is 2680. The number of rotatable bonds is 3. The van der Waals surface area contributed by atoms with E-state index in [1.54, 1.807) is 12.1 Å². The second-order valence-electron chi connectivity index (χ2n) is 7.55. The van der Waals surface area contributed by atoms with E-state index in [4.69, 9.17) is 26.3 Å². The second kappa shape index (κ2) is 8.00. The van der Waals surface area contributed by atoms with E-state index in [1.165, 1.54) is 12.1 Å². The van der Waals surface area contributed by atoms with Gasteiger partial charge in [0.05, 0.1) is 24.7 Å². The van der Waals surface area contributed by atoms with E-state index in [1.807, 2.05) is 0 Å². The Morgan fingerprint density at radius 3 is 1.51 bits per heavy atom. The molecule has 1 aromatic heterocycles. The van der Waals surface area contributed by atoms with Crippen LogP contribution in [0.2, 0.25) is 0 Å². The first-order valence-electron chi connectivity index (χ1n) is 19.5. The van der Waals surface area contributed by atoms with Gasteiger partial charge in [-0.2, -0.15) is 0 Å². The minimum Gasteiger partial charge on any atom is -0.455 e. The number of hydrogen-bond donors (Lipinski definition) is 0. The van der Waals surface area contributed by atoms with Crippen molar-refractivity contribution in [2.45, 2.75) is 0 Å². The van der Waals surface area contributed by atoms with Crippen LogP contribution in [-0.2, 0) is 0 Å². The maximum atomic E-state index is 9.24. The highest BCUT2D eigenvalue weighted by molar-refractivity contribution is 6.24. The zero-order valence-corrected chi connectivity index (χ0v) is 17.7. The molecule has 0 N–H and O–H groups in total. The van der Waals surface area contributed by atoms with Crippen LogP contribution in [0.25, 0.3) is 66.1 Å². The molecule has 0 aliphatic rings. The third kappa shape index (κ3) is 3.09. The van der Waals surface area contributed by atoms with Gasteiger partial charge in [0.15, 0.2) is 0 Å². The first-order valence-corrected chi connectivity index (χ1v) is 10.5. The molecule has 0 radical (unpaired) electrons. The largest absolute Gasteiger partial charge is 0.455 e. The first kappa shape index (κ1) is 8.87. The predicted molar refractivity (Wildman–Crippen MR) is 148 cm³/mol. The highest BCUT2D eigenvalue weighted by Crippen LogP contribution is 2.49. The number of para-hydroxylation sites is 1. The van der Waals surface area contributed by atoms with Crippen LogP contribution >= 0.6 is 0 Å². The molecular weight excluding hydrogens is 424 g/mol. The lowest BCUT2D eigenvalue weighted by Gasteiger charge is -2.18. The quantitative estimate of drug-likeness (QED) is 0.237. The molecule has 35 heavy (non-hydrogen) atoms. The highest BCUT2D eigenvalue weighted by Gasteiger charge is 2.23. The molecule has 7 rings (SSSR count). The first-order chi connectivity index (χ1) is 24.9. The van der Waals surface area contributed by atoms with Gasteiger partial charge in [0.2, 0.25) is 0 Å². The van der Waals surface area contributed by atoms with Gasteiger partial charge in [-0.25, -0.2) is 0 Å². The third-order valence-electron chi connectivity index (χ3n) is 5.70.